The maximum absolute atomic E-state index is 2.46. The van der Waals surface area contributed by atoms with Crippen molar-refractivity contribution in [1.29, 1.82) is 0 Å². The summed E-state index contributed by atoms with van der Waals surface area (Å²) in [5.74, 6) is 0. The van der Waals surface area contributed by atoms with Gasteiger partial charge >= 0.3 is 0 Å². The molecule has 1 heteroatoms. The summed E-state index contributed by atoms with van der Waals surface area (Å²) in [6, 6.07) is 71.1. The van der Waals surface area contributed by atoms with Gasteiger partial charge in [-0.2, -0.15) is 0 Å². The first-order valence-electron chi connectivity index (χ1n) is 17.0. The molecule has 0 unspecified atom stereocenters. The Morgan fingerprint density at radius 3 is 1.63 bits per heavy atom. The van der Waals surface area contributed by atoms with E-state index in [1.807, 2.05) is 0 Å². The van der Waals surface area contributed by atoms with Gasteiger partial charge in [-0.15, -0.1) is 0 Å². The van der Waals surface area contributed by atoms with Gasteiger partial charge in [-0.3, -0.25) is 0 Å². The molecular weight excluding hydrogens is 591 g/mol. The van der Waals surface area contributed by atoms with Crippen LogP contribution in [0.25, 0.3) is 33.0 Å². The van der Waals surface area contributed by atoms with Crippen LogP contribution in [0.5, 0.6) is 0 Å². The zero-order valence-electron chi connectivity index (χ0n) is 27.4. The first kappa shape index (κ1) is 29.0. The van der Waals surface area contributed by atoms with Gasteiger partial charge in [0.15, 0.2) is 0 Å². The quantitative estimate of drug-likeness (QED) is 0.178. The lowest BCUT2D eigenvalue weighted by Gasteiger charge is -2.35. The maximum atomic E-state index is 2.46. The Kier molecular flexibility index (Phi) is 6.99. The number of fused-ring (bicyclic) bond motifs is 4. The fourth-order valence-corrected chi connectivity index (χ4v) is 8.11. The van der Waals surface area contributed by atoms with Gasteiger partial charge in [-0.25, -0.2) is 0 Å². The highest BCUT2D eigenvalue weighted by Crippen LogP contribution is 2.58. The van der Waals surface area contributed by atoms with E-state index in [-0.39, 0.29) is 0 Å². The van der Waals surface area contributed by atoms with Crippen LogP contribution in [-0.4, -0.2) is 0 Å². The van der Waals surface area contributed by atoms with Crippen molar-refractivity contribution in [3.8, 4) is 22.3 Å². The molecule has 8 aromatic carbocycles. The van der Waals surface area contributed by atoms with Gasteiger partial charge in [-0.05, 0) is 98.6 Å². The summed E-state index contributed by atoms with van der Waals surface area (Å²) >= 11 is 0. The Labute approximate surface area is 288 Å². The van der Waals surface area contributed by atoms with E-state index in [0.29, 0.717) is 0 Å². The lowest BCUT2D eigenvalue weighted by molar-refractivity contribution is 0.768. The van der Waals surface area contributed by atoms with E-state index in [1.54, 1.807) is 0 Å². The van der Waals surface area contributed by atoms with E-state index in [2.05, 4.69) is 206 Å². The number of anilines is 3. The molecule has 0 spiro atoms. The summed E-state index contributed by atoms with van der Waals surface area (Å²) in [5, 5.41) is 2.44. The Morgan fingerprint density at radius 1 is 0.408 bits per heavy atom. The van der Waals surface area contributed by atoms with Gasteiger partial charge in [0, 0.05) is 16.9 Å². The topological polar surface area (TPSA) is 3.24 Å². The number of aryl methyl sites for hydroxylation is 1. The molecule has 0 aromatic heterocycles. The highest BCUT2D eigenvalue weighted by Gasteiger charge is 2.46. The Balaban J connectivity index is 1.38. The number of hydrogen-bond acceptors (Lipinski definition) is 1. The van der Waals surface area contributed by atoms with Crippen molar-refractivity contribution in [3.63, 3.8) is 0 Å². The summed E-state index contributed by atoms with van der Waals surface area (Å²) in [7, 11) is 0. The van der Waals surface area contributed by atoms with Crippen LogP contribution in [0.15, 0.2) is 194 Å². The number of benzene rings is 8. The van der Waals surface area contributed by atoms with Gasteiger partial charge in [0.1, 0.15) is 0 Å². The molecule has 1 aliphatic rings. The summed E-state index contributed by atoms with van der Waals surface area (Å²) in [5.41, 5.74) is 14.4. The first-order valence-corrected chi connectivity index (χ1v) is 17.0. The number of para-hydroxylation sites is 1. The second-order valence-corrected chi connectivity index (χ2v) is 13.0. The molecule has 232 valence electrons. The van der Waals surface area contributed by atoms with E-state index >= 15 is 0 Å². The standard InChI is InChI=1S/C48H35N/c1-34-17-16-28-44-47(34)42-30-29-41(33-45(42)48(44,38-22-8-3-9-23-38)39-24-10-4-11-25-39)49(40-26-12-5-13-27-40)46-32-37-21-15-14-20-36(37)31-43(46)35-18-6-2-7-19-35/h2-33H,1H3. The van der Waals surface area contributed by atoms with Gasteiger partial charge < -0.3 is 4.90 Å². The second kappa shape index (κ2) is 11.8. The highest BCUT2D eigenvalue weighted by molar-refractivity contribution is 5.99. The van der Waals surface area contributed by atoms with Crippen molar-refractivity contribution in [2.75, 3.05) is 4.90 Å². The van der Waals surface area contributed by atoms with Crippen LogP contribution in [0.1, 0.15) is 27.8 Å². The predicted molar refractivity (Wildman–Crippen MR) is 206 cm³/mol. The minimum atomic E-state index is -0.483. The van der Waals surface area contributed by atoms with E-state index in [4.69, 9.17) is 0 Å². The third-order valence-corrected chi connectivity index (χ3v) is 10.2. The van der Waals surface area contributed by atoms with E-state index in [9.17, 15) is 0 Å². The highest BCUT2D eigenvalue weighted by atomic mass is 15.1. The zero-order chi connectivity index (χ0) is 32.8. The van der Waals surface area contributed by atoms with Gasteiger partial charge in [-0.1, -0.05) is 158 Å². The number of hydrogen-bond donors (Lipinski definition) is 0. The van der Waals surface area contributed by atoms with Crippen LogP contribution in [0, 0.1) is 6.92 Å². The van der Waals surface area contributed by atoms with Crippen molar-refractivity contribution >= 4 is 27.8 Å². The molecule has 0 bridgehead atoms. The third kappa shape index (κ3) is 4.62. The molecule has 0 atom stereocenters. The Morgan fingerprint density at radius 2 is 0.980 bits per heavy atom. The average Bonchev–Trinajstić information content (AvgIpc) is 3.47. The molecule has 0 aliphatic heterocycles. The molecule has 0 saturated heterocycles. The summed E-state index contributed by atoms with van der Waals surface area (Å²) in [4.78, 5) is 2.45. The summed E-state index contributed by atoms with van der Waals surface area (Å²) in [6.07, 6.45) is 0. The molecule has 0 fully saturated rings. The van der Waals surface area contributed by atoms with Crippen LogP contribution >= 0.6 is 0 Å². The van der Waals surface area contributed by atoms with Gasteiger partial charge in [0.2, 0.25) is 0 Å². The van der Waals surface area contributed by atoms with Crippen LogP contribution in [0.2, 0.25) is 0 Å². The van der Waals surface area contributed by atoms with Crippen molar-refractivity contribution in [2.24, 2.45) is 0 Å². The zero-order valence-corrected chi connectivity index (χ0v) is 27.4. The van der Waals surface area contributed by atoms with E-state index in [0.717, 1.165) is 17.1 Å². The predicted octanol–water partition coefficient (Wildman–Crippen LogP) is 12.6. The van der Waals surface area contributed by atoms with Crippen LogP contribution in [0.4, 0.5) is 17.1 Å². The lowest BCUT2D eigenvalue weighted by Crippen LogP contribution is -2.28. The van der Waals surface area contributed by atoms with E-state index < -0.39 is 5.41 Å². The summed E-state index contributed by atoms with van der Waals surface area (Å²) < 4.78 is 0. The minimum Gasteiger partial charge on any atom is -0.310 e. The van der Waals surface area contributed by atoms with Gasteiger partial charge in [0.05, 0.1) is 11.1 Å². The lowest BCUT2D eigenvalue weighted by atomic mass is 9.67. The number of rotatable bonds is 6. The SMILES string of the molecule is Cc1cccc2c1-c1ccc(N(c3ccccc3)c3cc4ccccc4cc3-c3ccccc3)cc1C2(c1ccccc1)c1ccccc1. The minimum absolute atomic E-state index is 0.483. The third-order valence-electron chi connectivity index (χ3n) is 10.2. The van der Waals surface area contributed by atoms with Crippen molar-refractivity contribution in [3.05, 3.63) is 222 Å². The van der Waals surface area contributed by atoms with Crippen LogP contribution in [0.3, 0.4) is 0 Å². The molecule has 0 amide bonds. The first-order chi connectivity index (χ1) is 24.2. The monoisotopic (exact) mass is 625 g/mol. The molecule has 1 nitrogen and oxygen atoms in total. The van der Waals surface area contributed by atoms with Crippen molar-refractivity contribution in [2.45, 2.75) is 12.3 Å². The molecule has 1 aliphatic carbocycles. The Hall–Kier alpha value is -6.18. The molecular formula is C48H35N. The summed E-state index contributed by atoms with van der Waals surface area (Å²) in [6.45, 7) is 2.25. The fourth-order valence-electron chi connectivity index (χ4n) is 8.11. The normalized spacial score (nSPS) is 12.8. The van der Waals surface area contributed by atoms with Crippen LogP contribution < -0.4 is 4.90 Å². The van der Waals surface area contributed by atoms with E-state index in [1.165, 1.54) is 60.8 Å². The number of nitrogens with zero attached hydrogens (tertiary/aromatic N) is 1. The van der Waals surface area contributed by atoms with Gasteiger partial charge in [0.25, 0.3) is 0 Å². The molecule has 0 N–H and O–H groups in total. The Bertz CT molecular complexity index is 2390. The second-order valence-electron chi connectivity index (χ2n) is 13.0. The van der Waals surface area contributed by atoms with Crippen molar-refractivity contribution in [1.82, 2.24) is 0 Å². The molecule has 0 saturated carbocycles. The molecule has 0 heterocycles. The molecule has 0 radical (unpaired) electrons. The average molecular weight is 626 g/mol. The maximum Gasteiger partial charge on any atom is 0.0714 e. The fraction of sp³-hybridized carbons (Fsp3) is 0.0417. The largest absolute Gasteiger partial charge is 0.310 e. The van der Waals surface area contributed by atoms with Crippen LogP contribution in [-0.2, 0) is 5.41 Å². The smallest absolute Gasteiger partial charge is 0.0714 e. The van der Waals surface area contributed by atoms with Crippen molar-refractivity contribution < 1.29 is 0 Å². The molecule has 9 rings (SSSR count). The molecule has 8 aromatic rings. The molecule has 49 heavy (non-hydrogen) atoms.